The van der Waals surface area contributed by atoms with Gasteiger partial charge >= 0.3 is 0 Å². The topological polar surface area (TPSA) is 3.24 Å². The summed E-state index contributed by atoms with van der Waals surface area (Å²) in [4.78, 5) is 2.08. The average Bonchev–Trinajstić information content (AvgIpc) is 1.87. The highest BCUT2D eigenvalue weighted by molar-refractivity contribution is 9.11. The van der Waals surface area contributed by atoms with Crippen LogP contribution in [0.15, 0.2) is 23.3 Å². The summed E-state index contributed by atoms with van der Waals surface area (Å²) in [5.74, 6) is 0. The zero-order valence-corrected chi connectivity index (χ0v) is 7.48. The van der Waals surface area contributed by atoms with Gasteiger partial charge in [0.1, 0.15) is 0 Å². The Balaban J connectivity index is 3.84. The maximum Gasteiger partial charge on any atom is 0.0803 e. The molecule has 0 radical (unpaired) electrons. The lowest BCUT2D eigenvalue weighted by molar-refractivity contribution is 0.475. The van der Waals surface area contributed by atoms with Crippen LogP contribution in [0.3, 0.4) is 0 Å². The molecule has 2 heteroatoms. The van der Waals surface area contributed by atoms with Gasteiger partial charge in [0, 0.05) is 13.6 Å². The minimum absolute atomic E-state index is 1.00. The first-order valence-electron chi connectivity index (χ1n) is 2.91. The molecule has 0 heterocycles. The third kappa shape index (κ3) is 3.36. The molecule has 0 N–H and O–H groups in total. The van der Waals surface area contributed by atoms with Gasteiger partial charge in [0.25, 0.3) is 0 Å². The highest BCUT2D eigenvalue weighted by Gasteiger charge is 1.92. The molecule has 0 amide bonds. The monoisotopic (exact) mass is 189 g/mol. The molecule has 0 aliphatic rings. The van der Waals surface area contributed by atoms with Gasteiger partial charge in [0.05, 0.1) is 4.61 Å². The molecule has 0 saturated carbocycles. The van der Waals surface area contributed by atoms with Gasteiger partial charge in [-0.15, -0.1) is 0 Å². The van der Waals surface area contributed by atoms with E-state index in [4.69, 9.17) is 0 Å². The number of hydrogen-bond donors (Lipinski definition) is 0. The lowest BCUT2D eigenvalue weighted by Gasteiger charge is -2.14. The van der Waals surface area contributed by atoms with E-state index in [0.717, 1.165) is 11.2 Å². The molecule has 0 aromatic rings. The number of nitrogens with zero attached hydrogens (tertiary/aromatic N) is 1. The van der Waals surface area contributed by atoms with Gasteiger partial charge in [-0.2, -0.15) is 0 Å². The standard InChI is InChI=1S/C7H12BrN/c1-4-6-7(8)9(3)5-2/h4,6H,1,5H2,2-3H3/b7-6-. The van der Waals surface area contributed by atoms with Crippen molar-refractivity contribution in [2.75, 3.05) is 13.6 Å². The smallest absolute Gasteiger partial charge is 0.0803 e. The number of halogens is 1. The van der Waals surface area contributed by atoms with Crippen molar-refractivity contribution in [3.8, 4) is 0 Å². The molecule has 52 valence electrons. The average molecular weight is 190 g/mol. The molecule has 0 fully saturated rings. The highest BCUT2D eigenvalue weighted by atomic mass is 79.9. The second-order valence-corrected chi connectivity index (χ2v) is 2.55. The molecule has 0 atom stereocenters. The molecule has 0 aromatic carbocycles. The molecule has 0 aliphatic heterocycles. The van der Waals surface area contributed by atoms with E-state index in [9.17, 15) is 0 Å². The fraction of sp³-hybridized carbons (Fsp3) is 0.429. The summed E-state index contributed by atoms with van der Waals surface area (Å²) in [5, 5.41) is 0. The summed E-state index contributed by atoms with van der Waals surface area (Å²) in [7, 11) is 2.02. The zero-order valence-electron chi connectivity index (χ0n) is 5.89. The Morgan fingerprint density at radius 3 is 2.67 bits per heavy atom. The molecule has 9 heavy (non-hydrogen) atoms. The van der Waals surface area contributed by atoms with Crippen molar-refractivity contribution < 1.29 is 0 Å². The van der Waals surface area contributed by atoms with E-state index in [-0.39, 0.29) is 0 Å². The Kier molecular flexibility index (Phi) is 4.50. The van der Waals surface area contributed by atoms with Crippen molar-refractivity contribution in [3.05, 3.63) is 23.3 Å². The Labute approximate surface area is 65.2 Å². The fourth-order valence-electron chi connectivity index (χ4n) is 0.376. The third-order valence-electron chi connectivity index (χ3n) is 1.09. The summed E-state index contributed by atoms with van der Waals surface area (Å²) >= 11 is 3.38. The Bertz CT molecular complexity index is 118. The van der Waals surface area contributed by atoms with Crippen molar-refractivity contribution in [1.29, 1.82) is 0 Å². The van der Waals surface area contributed by atoms with Crippen LogP contribution in [-0.2, 0) is 0 Å². The van der Waals surface area contributed by atoms with Crippen LogP contribution in [0.25, 0.3) is 0 Å². The van der Waals surface area contributed by atoms with Gasteiger partial charge in [-0.05, 0) is 28.9 Å². The van der Waals surface area contributed by atoms with Crippen molar-refractivity contribution in [1.82, 2.24) is 4.90 Å². The lowest BCUT2D eigenvalue weighted by Crippen LogP contribution is -2.12. The molecular weight excluding hydrogens is 178 g/mol. The Morgan fingerprint density at radius 1 is 1.78 bits per heavy atom. The molecular formula is C7H12BrN. The van der Waals surface area contributed by atoms with E-state index >= 15 is 0 Å². The van der Waals surface area contributed by atoms with Gasteiger partial charge in [0.2, 0.25) is 0 Å². The molecule has 0 bridgehead atoms. The second-order valence-electron chi connectivity index (χ2n) is 1.74. The van der Waals surface area contributed by atoms with Gasteiger partial charge in [-0.3, -0.25) is 0 Å². The molecule has 0 saturated heterocycles. The van der Waals surface area contributed by atoms with Crippen LogP contribution in [0.4, 0.5) is 0 Å². The van der Waals surface area contributed by atoms with Crippen LogP contribution in [-0.4, -0.2) is 18.5 Å². The minimum Gasteiger partial charge on any atom is -0.369 e. The van der Waals surface area contributed by atoms with Crippen molar-refractivity contribution in [3.63, 3.8) is 0 Å². The maximum absolute atomic E-state index is 3.58. The van der Waals surface area contributed by atoms with E-state index in [0.29, 0.717) is 0 Å². The number of rotatable bonds is 3. The minimum atomic E-state index is 1.00. The summed E-state index contributed by atoms with van der Waals surface area (Å²) in [6.07, 6.45) is 3.68. The van der Waals surface area contributed by atoms with Crippen molar-refractivity contribution in [2.45, 2.75) is 6.92 Å². The predicted molar refractivity (Wildman–Crippen MR) is 45.5 cm³/mol. The van der Waals surface area contributed by atoms with E-state index in [1.54, 1.807) is 6.08 Å². The summed E-state index contributed by atoms with van der Waals surface area (Å²) in [6.45, 7) is 6.68. The van der Waals surface area contributed by atoms with Crippen LogP contribution < -0.4 is 0 Å². The van der Waals surface area contributed by atoms with Gasteiger partial charge < -0.3 is 4.90 Å². The molecule has 0 rings (SSSR count). The zero-order chi connectivity index (χ0) is 7.28. The number of hydrogen-bond acceptors (Lipinski definition) is 1. The molecule has 1 nitrogen and oxygen atoms in total. The van der Waals surface area contributed by atoms with Crippen molar-refractivity contribution >= 4 is 15.9 Å². The SMILES string of the molecule is C=C/C=C(/Br)N(C)CC. The lowest BCUT2D eigenvalue weighted by atomic mass is 10.5. The largest absolute Gasteiger partial charge is 0.369 e. The molecule has 0 unspecified atom stereocenters. The van der Waals surface area contributed by atoms with Gasteiger partial charge in [-0.1, -0.05) is 12.7 Å². The van der Waals surface area contributed by atoms with Crippen molar-refractivity contribution in [2.24, 2.45) is 0 Å². The van der Waals surface area contributed by atoms with Crippen LogP contribution >= 0.6 is 15.9 Å². The summed E-state index contributed by atoms with van der Waals surface area (Å²) in [6, 6.07) is 0. The first kappa shape index (κ1) is 8.76. The second kappa shape index (κ2) is 4.62. The number of allylic oxidation sites excluding steroid dienone is 2. The van der Waals surface area contributed by atoms with E-state index in [2.05, 4.69) is 34.3 Å². The van der Waals surface area contributed by atoms with E-state index in [1.165, 1.54) is 0 Å². The third-order valence-corrected chi connectivity index (χ3v) is 1.96. The van der Waals surface area contributed by atoms with Gasteiger partial charge in [-0.25, -0.2) is 0 Å². The van der Waals surface area contributed by atoms with Crippen LogP contribution in [0.1, 0.15) is 6.92 Å². The Hall–Kier alpha value is -0.240. The summed E-state index contributed by atoms with van der Waals surface area (Å²) < 4.78 is 1.07. The summed E-state index contributed by atoms with van der Waals surface area (Å²) in [5.41, 5.74) is 0. The van der Waals surface area contributed by atoms with Crippen LogP contribution in [0.5, 0.6) is 0 Å². The molecule has 0 aliphatic carbocycles. The normalized spacial score (nSPS) is 11.2. The predicted octanol–water partition coefficient (Wildman–Crippen LogP) is 2.36. The first-order valence-corrected chi connectivity index (χ1v) is 3.71. The first-order chi connectivity index (χ1) is 4.22. The fourth-order valence-corrected chi connectivity index (χ4v) is 0.813. The molecule has 0 aromatic heterocycles. The molecule has 0 spiro atoms. The highest BCUT2D eigenvalue weighted by Crippen LogP contribution is 2.08. The van der Waals surface area contributed by atoms with Crippen LogP contribution in [0.2, 0.25) is 0 Å². The van der Waals surface area contributed by atoms with E-state index in [1.807, 2.05) is 13.1 Å². The quantitative estimate of drug-likeness (QED) is 0.487. The Morgan fingerprint density at radius 2 is 2.33 bits per heavy atom. The van der Waals surface area contributed by atoms with E-state index < -0.39 is 0 Å². The maximum atomic E-state index is 3.58. The van der Waals surface area contributed by atoms with Crippen LogP contribution in [0, 0.1) is 0 Å². The van der Waals surface area contributed by atoms with Gasteiger partial charge in [0.15, 0.2) is 0 Å².